The van der Waals surface area contributed by atoms with Gasteiger partial charge in [-0.05, 0) is 37.5 Å². The second kappa shape index (κ2) is 4.63. The van der Waals surface area contributed by atoms with Crippen LogP contribution in [0.15, 0.2) is 28.7 Å². The Morgan fingerprint density at radius 2 is 1.92 bits per heavy atom. The maximum Gasteiger partial charge on any atom is 0.0515 e. The van der Waals surface area contributed by atoms with Crippen molar-refractivity contribution in [3.8, 4) is 0 Å². The summed E-state index contributed by atoms with van der Waals surface area (Å²) in [5, 5.41) is 9.06. The molecule has 1 aromatic rings. The molecular weight excluding hydrogens is 216 g/mol. The summed E-state index contributed by atoms with van der Waals surface area (Å²) >= 11 is 3.38. The van der Waals surface area contributed by atoms with Crippen molar-refractivity contribution in [2.75, 3.05) is 0 Å². The highest BCUT2D eigenvalue weighted by Crippen LogP contribution is 2.12. The molecule has 1 rings (SSSR count). The van der Waals surface area contributed by atoms with E-state index in [0.29, 0.717) is 0 Å². The standard InChI is InChI=1S/C10H13BrO/c1-8(12)2-3-9-4-6-10(11)7-5-9/h4-8,12H,2-3H2,1H3/t8-/m0/s1. The van der Waals surface area contributed by atoms with Crippen LogP contribution in [0.2, 0.25) is 0 Å². The van der Waals surface area contributed by atoms with E-state index in [4.69, 9.17) is 5.11 Å². The number of aliphatic hydroxyl groups is 1. The third kappa shape index (κ3) is 3.37. The fraction of sp³-hybridized carbons (Fsp3) is 0.400. The second-order valence-electron chi connectivity index (χ2n) is 3.01. The first-order valence-electron chi connectivity index (χ1n) is 4.11. The maximum atomic E-state index is 9.06. The van der Waals surface area contributed by atoms with Crippen LogP contribution >= 0.6 is 15.9 Å². The van der Waals surface area contributed by atoms with Crippen LogP contribution in [0.25, 0.3) is 0 Å². The van der Waals surface area contributed by atoms with Gasteiger partial charge in [-0.3, -0.25) is 0 Å². The molecule has 0 bridgehead atoms. The molecule has 0 heterocycles. The van der Waals surface area contributed by atoms with Crippen molar-refractivity contribution < 1.29 is 5.11 Å². The van der Waals surface area contributed by atoms with Crippen LogP contribution in [-0.4, -0.2) is 11.2 Å². The zero-order valence-corrected chi connectivity index (χ0v) is 8.71. The summed E-state index contributed by atoms with van der Waals surface area (Å²) in [5.74, 6) is 0. The molecular formula is C10H13BrO. The largest absolute Gasteiger partial charge is 0.393 e. The molecule has 0 fully saturated rings. The Bertz CT molecular complexity index is 228. The molecule has 0 saturated carbocycles. The van der Waals surface area contributed by atoms with E-state index in [1.807, 2.05) is 19.1 Å². The lowest BCUT2D eigenvalue weighted by atomic mass is 10.1. The number of halogens is 1. The van der Waals surface area contributed by atoms with E-state index in [-0.39, 0.29) is 6.10 Å². The molecule has 0 aliphatic heterocycles. The highest BCUT2D eigenvalue weighted by atomic mass is 79.9. The first-order valence-corrected chi connectivity index (χ1v) is 4.90. The van der Waals surface area contributed by atoms with E-state index in [0.717, 1.165) is 17.3 Å². The van der Waals surface area contributed by atoms with Gasteiger partial charge in [0, 0.05) is 4.47 Å². The molecule has 1 aromatic carbocycles. The van der Waals surface area contributed by atoms with E-state index in [1.165, 1.54) is 5.56 Å². The average Bonchev–Trinajstić information content (AvgIpc) is 2.03. The first kappa shape index (κ1) is 9.75. The Morgan fingerprint density at radius 3 is 2.42 bits per heavy atom. The predicted molar refractivity (Wildman–Crippen MR) is 54.1 cm³/mol. The number of rotatable bonds is 3. The summed E-state index contributed by atoms with van der Waals surface area (Å²) in [4.78, 5) is 0. The minimum atomic E-state index is -0.200. The van der Waals surface area contributed by atoms with Gasteiger partial charge in [-0.25, -0.2) is 0 Å². The third-order valence-corrected chi connectivity index (χ3v) is 2.29. The molecule has 1 N–H and O–H groups in total. The van der Waals surface area contributed by atoms with Crippen LogP contribution in [0, 0.1) is 0 Å². The van der Waals surface area contributed by atoms with Crippen LogP contribution in [0.5, 0.6) is 0 Å². The van der Waals surface area contributed by atoms with Gasteiger partial charge in [-0.15, -0.1) is 0 Å². The fourth-order valence-corrected chi connectivity index (χ4v) is 1.29. The van der Waals surface area contributed by atoms with Crippen LogP contribution < -0.4 is 0 Å². The molecule has 0 aromatic heterocycles. The highest BCUT2D eigenvalue weighted by molar-refractivity contribution is 9.10. The van der Waals surface area contributed by atoms with Crippen LogP contribution in [0.4, 0.5) is 0 Å². The maximum absolute atomic E-state index is 9.06. The van der Waals surface area contributed by atoms with E-state index in [2.05, 4.69) is 28.1 Å². The lowest BCUT2D eigenvalue weighted by molar-refractivity contribution is 0.185. The van der Waals surface area contributed by atoms with Crippen LogP contribution in [-0.2, 0) is 6.42 Å². The minimum Gasteiger partial charge on any atom is -0.393 e. The van der Waals surface area contributed by atoms with E-state index >= 15 is 0 Å². The molecule has 1 atom stereocenters. The van der Waals surface area contributed by atoms with Gasteiger partial charge in [-0.2, -0.15) is 0 Å². The van der Waals surface area contributed by atoms with Gasteiger partial charge in [0.1, 0.15) is 0 Å². The SMILES string of the molecule is C[C@H](O)CCc1ccc(Br)cc1. The van der Waals surface area contributed by atoms with Gasteiger partial charge >= 0.3 is 0 Å². The van der Waals surface area contributed by atoms with Gasteiger partial charge in [0.15, 0.2) is 0 Å². The van der Waals surface area contributed by atoms with Crippen molar-refractivity contribution in [2.24, 2.45) is 0 Å². The summed E-state index contributed by atoms with van der Waals surface area (Å²) < 4.78 is 1.10. The summed E-state index contributed by atoms with van der Waals surface area (Å²) in [6, 6.07) is 8.20. The van der Waals surface area contributed by atoms with Crippen molar-refractivity contribution in [1.82, 2.24) is 0 Å². The Kier molecular flexibility index (Phi) is 3.76. The fourth-order valence-electron chi connectivity index (χ4n) is 1.03. The number of hydrogen-bond donors (Lipinski definition) is 1. The molecule has 0 spiro atoms. The van der Waals surface area contributed by atoms with Crippen LogP contribution in [0.1, 0.15) is 18.9 Å². The summed E-state index contributed by atoms with van der Waals surface area (Å²) in [6.45, 7) is 1.82. The number of aliphatic hydroxyl groups excluding tert-OH is 1. The van der Waals surface area contributed by atoms with E-state index in [1.54, 1.807) is 0 Å². The first-order chi connectivity index (χ1) is 5.68. The topological polar surface area (TPSA) is 20.2 Å². The molecule has 0 unspecified atom stereocenters. The van der Waals surface area contributed by atoms with Gasteiger partial charge in [-0.1, -0.05) is 28.1 Å². The lowest BCUT2D eigenvalue weighted by Crippen LogP contribution is -2.00. The quantitative estimate of drug-likeness (QED) is 0.844. The number of benzene rings is 1. The zero-order chi connectivity index (χ0) is 8.97. The van der Waals surface area contributed by atoms with E-state index < -0.39 is 0 Å². The molecule has 2 heteroatoms. The zero-order valence-electron chi connectivity index (χ0n) is 7.13. The van der Waals surface area contributed by atoms with Crippen molar-refractivity contribution in [3.63, 3.8) is 0 Å². The van der Waals surface area contributed by atoms with Gasteiger partial charge < -0.3 is 5.11 Å². The molecule has 0 aliphatic rings. The Hall–Kier alpha value is -0.340. The molecule has 12 heavy (non-hydrogen) atoms. The van der Waals surface area contributed by atoms with Crippen molar-refractivity contribution in [1.29, 1.82) is 0 Å². The average molecular weight is 229 g/mol. The summed E-state index contributed by atoms with van der Waals surface area (Å²) in [5.41, 5.74) is 1.28. The van der Waals surface area contributed by atoms with Crippen LogP contribution in [0.3, 0.4) is 0 Å². The van der Waals surface area contributed by atoms with Gasteiger partial charge in [0.25, 0.3) is 0 Å². The smallest absolute Gasteiger partial charge is 0.0515 e. The predicted octanol–water partition coefficient (Wildman–Crippen LogP) is 2.76. The Morgan fingerprint density at radius 1 is 1.33 bits per heavy atom. The number of aryl methyl sites for hydroxylation is 1. The molecule has 66 valence electrons. The minimum absolute atomic E-state index is 0.200. The van der Waals surface area contributed by atoms with Crippen molar-refractivity contribution in [3.05, 3.63) is 34.3 Å². The van der Waals surface area contributed by atoms with E-state index in [9.17, 15) is 0 Å². The molecule has 0 saturated heterocycles. The Balaban J connectivity index is 2.48. The lowest BCUT2D eigenvalue weighted by Gasteiger charge is -2.03. The monoisotopic (exact) mass is 228 g/mol. The van der Waals surface area contributed by atoms with Gasteiger partial charge in [0.2, 0.25) is 0 Å². The van der Waals surface area contributed by atoms with Gasteiger partial charge in [0.05, 0.1) is 6.10 Å². The number of hydrogen-bond acceptors (Lipinski definition) is 1. The Labute approximate surface area is 81.6 Å². The van der Waals surface area contributed by atoms with Crippen molar-refractivity contribution in [2.45, 2.75) is 25.9 Å². The third-order valence-electron chi connectivity index (χ3n) is 1.76. The summed E-state index contributed by atoms with van der Waals surface area (Å²) in [6.07, 6.45) is 1.58. The molecule has 0 radical (unpaired) electrons. The molecule has 0 amide bonds. The highest BCUT2D eigenvalue weighted by Gasteiger charge is 1.97. The molecule has 0 aliphatic carbocycles. The summed E-state index contributed by atoms with van der Waals surface area (Å²) in [7, 11) is 0. The second-order valence-corrected chi connectivity index (χ2v) is 3.93. The van der Waals surface area contributed by atoms with Crippen molar-refractivity contribution >= 4 is 15.9 Å². The molecule has 1 nitrogen and oxygen atoms in total. The normalized spacial score (nSPS) is 12.9.